The van der Waals surface area contributed by atoms with Crippen LogP contribution in [0.4, 0.5) is 0 Å². The van der Waals surface area contributed by atoms with Crippen LogP contribution in [0.2, 0.25) is 0 Å². The Labute approximate surface area is 141 Å². The van der Waals surface area contributed by atoms with Crippen molar-refractivity contribution in [2.75, 3.05) is 6.61 Å². The molecule has 1 amide bonds. The van der Waals surface area contributed by atoms with Gasteiger partial charge in [-0.1, -0.05) is 6.07 Å². The Morgan fingerprint density at radius 1 is 1.21 bits per heavy atom. The largest absolute Gasteiger partial charge is 0.494 e. The highest BCUT2D eigenvalue weighted by Gasteiger charge is 2.10. The van der Waals surface area contributed by atoms with E-state index in [-0.39, 0.29) is 5.91 Å². The lowest BCUT2D eigenvalue weighted by Crippen LogP contribution is -2.23. The molecule has 2 N–H and O–H groups in total. The van der Waals surface area contributed by atoms with Crippen molar-refractivity contribution in [1.82, 2.24) is 15.3 Å². The molecule has 3 rings (SSSR count). The number of nitrogens with zero attached hydrogens (tertiary/aromatic N) is 1. The predicted octanol–water partition coefficient (Wildman–Crippen LogP) is 3.51. The van der Waals surface area contributed by atoms with Crippen molar-refractivity contribution in [2.24, 2.45) is 0 Å². The number of imidazole rings is 1. The van der Waals surface area contributed by atoms with Crippen molar-refractivity contribution in [3.05, 3.63) is 58.9 Å². The van der Waals surface area contributed by atoms with Crippen molar-refractivity contribution in [3.8, 4) is 5.75 Å². The summed E-state index contributed by atoms with van der Waals surface area (Å²) in [6.07, 6.45) is 1.62. The standard InChI is InChI=1S/C19H21N3O2/c1-4-24-18-8-12(2)15(7-13(18)3)10-20-19(23)14-5-6-16-17(9-14)22-11-21-16/h5-9,11H,4,10H2,1-3H3,(H,20,23)(H,21,22). The fourth-order valence-electron chi connectivity index (χ4n) is 2.71. The van der Waals surface area contributed by atoms with E-state index in [4.69, 9.17) is 4.74 Å². The first-order valence-corrected chi connectivity index (χ1v) is 8.02. The maximum Gasteiger partial charge on any atom is 0.251 e. The number of hydrogen-bond acceptors (Lipinski definition) is 3. The molecule has 0 aliphatic rings. The van der Waals surface area contributed by atoms with Gasteiger partial charge in [0.25, 0.3) is 5.91 Å². The van der Waals surface area contributed by atoms with Crippen LogP contribution in [0.3, 0.4) is 0 Å². The van der Waals surface area contributed by atoms with Crippen molar-refractivity contribution in [3.63, 3.8) is 0 Å². The highest BCUT2D eigenvalue weighted by Crippen LogP contribution is 2.23. The van der Waals surface area contributed by atoms with Crippen molar-refractivity contribution < 1.29 is 9.53 Å². The molecule has 0 aliphatic heterocycles. The third-order valence-corrected chi connectivity index (χ3v) is 4.06. The minimum absolute atomic E-state index is 0.0996. The van der Waals surface area contributed by atoms with E-state index in [0.29, 0.717) is 18.7 Å². The number of carbonyl (C=O) groups excluding carboxylic acids is 1. The first-order chi connectivity index (χ1) is 11.6. The number of benzene rings is 2. The molecule has 0 fully saturated rings. The second kappa shape index (κ2) is 6.74. The Kier molecular flexibility index (Phi) is 4.51. The zero-order valence-corrected chi connectivity index (χ0v) is 14.1. The monoisotopic (exact) mass is 323 g/mol. The minimum Gasteiger partial charge on any atom is -0.494 e. The van der Waals surface area contributed by atoms with E-state index in [1.807, 2.05) is 39.0 Å². The molecule has 0 bridgehead atoms. The second-order valence-electron chi connectivity index (χ2n) is 5.79. The summed E-state index contributed by atoms with van der Waals surface area (Å²) in [5.41, 5.74) is 5.60. The van der Waals surface area contributed by atoms with Gasteiger partial charge in [0.05, 0.1) is 24.0 Å². The van der Waals surface area contributed by atoms with Crippen molar-refractivity contribution >= 4 is 16.9 Å². The van der Waals surface area contributed by atoms with E-state index in [0.717, 1.165) is 33.5 Å². The lowest BCUT2D eigenvalue weighted by Gasteiger charge is -2.13. The highest BCUT2D eigenvalue weighted by atomic mass is 16.5. The molecule has 124 valence electrons. The van der Waals surface area contributed by atoms with Crippen LogP contribution >= 0.6 is 0 Å². The summed E-state index contributed by atoms with van der Waals surface area (Å²) in [6.45, 7) is 7.15. The number of hydrogen-bond donors (Lipinski definition) is 2. The van der Waals surface area contributed by atoms with E-state index < -0.39 is 0 Å². The SMILES string of the molecule is CCOc1cc(C)c(CNC(=O)c2ccc3nc[nH]c3c2)cc1C. The third-order valence-electron chi connectivity index (χ3n) is 4.06. The number of ether oxygens (including phenoxy) is 1. The van der Waals surface area contributed by atoms with Crippen LogP contribution < -0.4 is 10.1 Å². The Hall–Kier alpha value is -2.82. The molecule has 0 radical (unpaired) electrons. The molecule has 24 heavy (non-hydrogen) atoms. The fourth-order valence-corrected chi connectivity index (χ4v) is 2.71. The Morgan fingerprint density at radius 3 is 2.83 bits per heavy atom. The lowest BCUT2D eigenvalue weighted by molar-refractivity contribution is 0.0951. The van der Waals surface area contributed by atoms with Gasteiger partial charge >= 0.3 is 0 Å². The smallest absolute Gasteiger partial charge is 0.251 e. The Morgan fingerprint density at radius 2 is 2.04 bits per heavy atom. The van der Waals surface area contributed by atoms with Crippen LogP contribution in [0.5, 0.6) is 5.75 Å². The molecule has 0 atom stereocenters. The number of H-pyrrole nitrogens is 1. The molecule has 1 heterocycles. The van der Waals surface area contributed by atoms with Gasteiger partial charge in [-0.15, -0.1) is 0 Å². The summed E-state index contributed by atoms with van der Waals surface area (Å²) in [5, 5.41) is 2.98. The summed E-state index contributed by atoms with van der Waals surface area (Å²) in [4.78, 5) is 19.6. The zero-order chi connectivity index (χ0) is 17.1. The second-order valence-corrected chi connectivity index (χ2v) is 5.79. The number of aromatic amines is 1. The molecule has 5 nitrogen and oxygen atoms in total. The number of aromatic nitrogens is 2. The molecule has 0 unspecified atom stereocenters. The summed E-state index contributed by atoms with van der Waals surface area (Å²) in [6, 6.07) is 9.53. The molecule has 1 aromatic heterocycles. The molecule has 3 aromatic rings. The van der Waals surface area contributed by atoms with Gasteiger partial charge in [0.15, 0.2) is 0 Å². The molecular weight excluding hydrogens is 302 g/mol. The van der Waals surface area contributed by atoms with Gasteiger partial charge in [0.2, 0.25) is 0 Å². The summed E-state index contributed by atoms with van der Waals surface area (Å²) >= 11 is 0. The maximum atomic E-state index is 12.4. The number of rotatable bonds is 5. The van der Waals surface area contributed by atoms with E-state index in [1.165, 1.54) is 0 Å². The predicted molar refractivity (Wildman–Crippen MR) is 94.3 cm³/mol. The van der Waals surface area contributed by atoms with Crippen LogP contribution in [0, 0.1) is 13.8 Å². The van der Waals surface area contributed by atoms with Crippen molar-refractivity contribution in [2.45, 2.75) is 27.3 Å². The first kappa shape index (κ1) is 16.1. The molecule has 5 heteroatoms. The topological polar surface area (TPSA) is 67.0 Å². The van der Waals surface area contributed by atoms with Crippen LogP contribution in [-0.4, -0.2) is 22.5 Å². The molecular formula is C19H21N3O2. The van der Waals surface area contributed by atoms with Gasteiger partial charge in [0.1, 0.15) is 5.75 Å². The Bertz CT molecular complexity index is 883. The van der Waals surface area contributed by atoms with Crippen molar-refractivity contribution in [1.29, 1.82) is 0 Å². The number of amides is 1. The number of nitrogens with one attached hydrogen (secondary N) is 2. The van der Waals surface area contributed by atoms with E-state index >= 15 is 0 Å². The lowest BCUT2D eigenvalue weighted by atomic mass is 10.0. The number of aryl methyl sites for hydroxylation is 2. The molecule has 0 aliphatic carbocycles. The third kappa shape index (κ3) is 3.25. The van der Waals surface area contributed by atoms with Crippen LogP contribution in [0.1, 0.15) is 34.0 Å². The quantitative estimate of drug-likeness (QED) is 0.755. The molecule has 0 spiro atoms. The summed E-state index contributed by atoms with van der Waals surface area (Å²) in [5.74, 6) is 0.798. The van der Waals surface area contributed by atoms with E-state index in [2.05, 4.69) is 21.4 Å². The minimum atomic E-state index is -0.0996. The summed E-state index contributed by atoms with van der Waals surface area (Å²) < 4.78 is 5.60. The van der Waals surface area contributed by atoms with Crippen LogP contribution in [-0.2, 0) is 6.54 Å². The van der Waals surface area contributed by atoms with Crippen LogP contribution in [0.25, 0.3) is 11.0 Å². The van der Waals surface area contributed by atoms with Gasteiger partial charge in [0, 0.05) is 12.1 Å². The first-order valence-electron chi connectivity index (χ1n) is 8.02. The van der Waals surface area contributed by atoms with Gasteiger partial charge in [-0.25, -0.2) is 4.98 Å². The summed E-state index contributed by atoms with van der Waals surface area (Å²) in [7, 11) is 0. The number of fused-ring (bicyclic) bond motifs is 1. The van der Waals surface area contributed by atoms with Gasteiger partial charge < -0.3 is 15.0 Å². The maximum absolute atomic E-state index is 12.4. The van der Waals surface area contributed by atoms with Gasteiger partial charge in [-0.2, -0.15) is 0 Å². The van der Waals surface area contributed by atoms with Gasteiger partial charge in [-0.3, -0.25) is 4.79 Å². The molecule has 0 saturated heterocycles. The molecule has 2 aromatic carbocycles. The average Bonchev–Trinajstić information content (AvgIpc) is 3.04. The van der Waals surface area contributed by atoms with Gasteiger partial charge in [-0.05, 0) is 61.7 Å². The highest BCUT2D eigenvalue weighted by molar-refractivity contribution is 5.97. The Balaban J connectivity index is 1.72. The normalized spacial score (nSPS) is 10.8. The fraction of sp³-hybridized carbons (Fsp3) is 0.263. The van der Waals surface area contributed by atoms with E-state index in [9.17, 15) is 4.79 Å². The van der Waals surface area contributed by atoms with E-state index in [1.54, 1.807) is 12.4 Å². The zero-order valence-electron chi connectivity index (χ0n) is 14.1. The van der Waals surface area contributed by atoms with Crippen LogP contribution in [0.15, 0.2) is 36.7 Å². The number of carbonyl (C=O) groups is 1. The average molecular weight is 323 g/mol. The molecule has 0 saturated carbocycles.